The lowest BCUT2D eigenvalue weighted by molar-refractivity contribution is -0.137. The molecule has 36 heavy (non-hydrogen) atoms. The van der Waals surface area contributed by atoms with Gasteiger partial charge in [-0.2, -0.15) is 13.2 Å². The Balaban J connectivity index is 1.50. The Kier molecular flexibility index (Phi) is 8.85. The third-order valence-electron chi connectivity index (χ3n) is 5.03. The summed E-state index contributed by atoms with van der Waals surface area (Å²) in [4.78, 5) is 24.5. The first kappa shape index (κ1) is 27.3. The average Bonchev–Trinajstić information content (AvgIpc) is 3.16. The second-order valence-corrected chi connectivity index (χ2v) is 9.12. The van der Waals surface area contributed by atoms with Crippen LogP contribution in [0.25, 0.3) is 0 Å². The molecule has 0 spiro atoms. The van der Waals surface area contributed by atoms with Crippen molar-refractivity contribution in [3.63, 3.8) is 0 Å². The molecule has 0 aliphatic heterocycles. The molecule has 8 nitrogen and oxygen atoms in total. The number of amides is 2. The van der Waals surface area contributed by atoms with E-state index >= 15 is 0 Å². The van der Waals surface area contributed by atoms with Crippen molar-refractivity contribution in [1.29, 1.82) is 0 Å². The van der Waals surface area contributed by atoms with Gasteiger partial charge in [-0.3, -0.25) is 9.59 Å². The number of benzene rings is 2. The van der Waals surface area contributed by atoms with Crippen molar-refractivity contribution in [3.05, 3.63) is 63.9 Å². The van der Waals surface area contributed by atoms with E-state index in [2.05, 4.69) is 20.8 Å². The third kappa shape index (κ3) is 7.14. The number of aryl methyl sites for hydroxylation is 2. The Bertz CT molecular complexity index is 1250. The van der Waals surface area contributed by atoms with Gasteiger partial charge in [-0.25, -0.2) is 0 Å². The molecule has 0 saturated carbocycles. The minimum Gasteiger partial charge on any atom is -0.483 e. The molecule has 0 fully saturated rings. The minimum absolute atomic E-state index is 0.0143. The number of rotatable bonds is 9. The molecule has 2 aromatic carbocycles. The number of thioether (sulfide) groups is 1. The minimum atomic E-state index is -4.56. The van der Waals surface area contributed by atoms with Gasteiger partial charge in [0, 0.05) is 7.05 Å². The Hall–Kier alpha value is -3.25. The summed E-state index contributed by atoms with van der Waals surface area (Å²) in [6, 6.07) is 8.39. The second-order valence-electron chi connectivity index (χ2n) is 7.77. The van der Waals surface area contributed by atoms with Crippen molar-refractivity contribution in [2.45, 2.75) is 31.7 Å². The summed E-state index contributed by atoms with van der Waals surface area (Å²) >= 11 is 6.94. The van der Waals surface area contributed by atoms with E-state index in [-0.39, 0.29) is 35.5 Å². The molecule has 13 heteroatoms. The monoisotopic (exact) mass is 541 g/mol. The Morgan fingerprint density at radius 1 is 1.11 bits per heavy atom. The second kappa shape index (κ2) is 11.7. The zero-order valence-electron chi connectivity index (χ0n) is 19.6. The third-order valence-corrected chi connectivity index (χ3v) is 6.38. The topological polar surface area (TPSA) is 98.1 Å². The molecule has 3 aromatic rings. The van der Waals surface area contributed by atoms with Crippen molar-refractivity contribution in [2.24, 2.45) is 7.05 Å². The van der Waals surface area contributed by atoms with Gasteiger partial charge in [0.15, 0.2) is 17.6 Å². The molecule has 2 amide bonds. The van der Waals surface area contributed by atoms with Gasteiger partial charge in [-0.1, -0.05) is 41.6 Å². The highest BCUT2D eigenvalue weighted by atomic mass is 35.5. The van der Waals surface area contributed by atoms with E-state index < -0.39 is 17.6 Å². The normalized spacial score (nSPS) is 11.3. The van der Waals surface area contributed by atoms with E-state index in [1.807, 2.05) is 32.0 Å². The number of carbonyl (C=O) groups is 2. The summed E-state index contributed by atoms with van der Waals surface area (Å²) in [6.45, 7) is 3.72. The van der Waals surface area contributed by atoms with Gasteiger partial charge in [-0.05, 0) is 43.2 Å². The number of ether oxygens (including phenoxy) is 1. The molecule has 0 aliphatic rings. The number of anilines is 1. The molecule has 0 unspecified atom stereocenters. The van der Waals surface area contributed by atoms with E-state index in [9.17, 15) is 22.8 Å². The fourth-order valence-corrected chi connectivity index (χ4v) is 4.03. The van der Waals surface area contributed by atoms with Crippen LogP contribution in [0.5, 0.6) is 5.75 Å². The number of carbonyl (C=O) groups excluding carboxylic acids is 2. The lowest BCUT2D eigenvalue weighted by Crippen LogP contribution is -2.29. The van der Waals surface area contributed by atoms with E-state index in [0.717, 1.165) is 41.1 Å². The van der Waals surface area contributed by atoms with Crippen LogP contribution in [0.15, 0.2) is 41.6 Å². The van der Waals surface area contributed by atoms with Gasteiger partial charge in [0.1, 0.15) is 5.75 Å². The van der Waals surface area contributed by atoms with Crippen LogP contribution in [0.4, 0.5) is 18.9 Å². The fourth-order valence-electron chi connectivity index (χ4n) is 3.13. The zero-order chi connectivity index (χ0) is 26.5. The van der Waals surface area contributed by atoms with E-state index in [0.29, 0.717) is 16.7 Å². The lowest BCUT2D eigenvalue weighted by atomic mass is 10.1. The number of aromatic nitrogens is 3. The molecule has 2 N–H and O–H groups in total. The van der Waals surface area contributed by atoms with E-state index in [1.165, 1.54) is 0 Å². The van der Waals surface area contributed by atoms with Gasteiger partial charge >= 0.3 is 6.18 Å². The highest BCUT2D eigenvalue weighted by Gasteiger charge is 2.31. The number of nitrogens with zero attached hydrogens (tertiary/aromatic N) is 3. The fraction of sp³-hybridized carbons (Fsp3) is 0.304. The number of nitrogens with one attached hydrogen (secondary N) is 2. The molecular formula is C23H23ClF3N5O3S. The number of halogens is 4. The Labute approximate surface area is 214 Å². The zero-order valence-corrected chi connectivity index (χ0v) is 21.1. The van der Waals surface area contributed by atoms with Gasteiger partial charge < -0.3 is 19.9 Å². The van der Waals surface area contributed by atoms with Gasteiger partial charge in [0.05, 0.1) is 28.6 Å². The molecule has 0 bridgehead atoms. The molecule has 0 saturated heterocycles. The first-order valence-electron chi connectivity index (χ1n) is 10.6. The van der Waals surface area contributed by atoms with E-state index in [1.54, 1.807) is 11.6 Å². The van der Waals surface area contributed by atoms with Crippen molar-refractivity contribution < 1.29 is 27.5 Å². The standard InChI is InChI=1S/C23H23ClF3N5O3S/c1-13-5-4-6-14(2)21(13)35-11-19(33)28-10-18-30-31-22(32(18)3)36-12-20(34)29-17-9-15(23(25,26)27)7-8-16(17)24/h4-9H,10-12H2,1-3H3,(H,28,33)(H,29,34). The Morgan fingerprint density at radius 2 is 1.81 bits per heavy atom. The molecular weight excluding hydrogens is 519 g/mol. The van der Waals surface area contributed by atoms with Crippen LogP contribution in [0.2, 0.25) is 5.02 Å². The van der Waals surface area contributed by atoms with Crippen molar-refractivity contribution in [1.82, 2.24) is 20.1 Å². The van der Waals surface area contributed by atoms with Gasteiger partial charge in [0.2, 0.25) is 5.91 Å². The smallest absolute Gasteiger partial charge is 0.416 e. The van der Waals surface area contributed by atoms with Crippen molar-refractivity contribution in [3.8, 4) is 5.75 Å². The predicted molar refractivity (Wildman–Crippen MR) is 130 cm³/mol. The first-order valence-corrected chi connectivity index (χ1v) is 12.0. The quantitative estimate of drug-likeness (QED) is 0.386. The summed E-state index contributed by atoms with van der Waals surface area (Å²) in [5.41, 5.74) is 0.796. The van der Waals surface area contributed by atoms with Crippen LogP contribution in [0, 0.1) is 13.8 Å². The van der Waals surface area contributed by atoms with Crippen molar-refractivity contribution in [2.75, 3.05) is 17.7 Å². The Morgan fingerprint density at radius 3 is 2.47 bits per heavy atom. The summed E-state index contributed by atoms with van der Waals surface area (Å²) in [5.74, 6) is 0.0537. The number of alkyl halides is 3. The summed E-state index contributed by atoms with van der Waals surface area (Å²) in [5, 5.41) is 13.4. The maximum absolute atomic E-state index is 12.9. The van der Waals surface area contributed by atoms with Crippen molar-refractivity contribution >= 4 is 40.9 Å². The molecule has 1 aromatic heterocycles. The molecule has 3 rings (SSSR count). The van der Waals surface area contributed by atoms with Crippen LogP contribution in [0.1, 0.15) is 22.5 Å². The first-order chi connectivity index (χ1) is 17.0. The highest BCUT2D eigenvalue weighted by molar-refractivity contribution is 7.99. The average molecular weight is 542 g/mol. The molecule has 0 aliphatic carbocycles. The van der Waals surface area contributed by atoms with Crippen LogP contribution >= 0.6 is 23.4 Å². The molecule has 192 valence electrons. The number of para-hydroxylation sites is 1. The number of hydrogen-bond donors (Lipinski definition) is 2. The van der Waals surface area contributed by atoms with Gasteiger partial charge in [0.25, 0.3) is 5.91 Å². The molecule has 0 radical (unpaired) electrons. The van der Waals surface area contributed by atoms with Crippen LogP contribution in [0.3, 0.4) is 0 Å². The predicted octanol–water partition coefficient (Wildman–Crippen LogP) is 4.53. The SMILES string of the molecule is Cc1cccc(C)c1OCC(=O)NCc1nnc(SCC(=O)Nc2cc(C(F)(F)F)ccc2Cl)n1C. The lowest BCUT2D eigenvalue weighted by Gasteiger charge is -2.12. The number of hydrogen-bond acceptors (Lipinski definition) is 6. The van der Waals surface area contributed by atoms with E-state index in [4.69, 9.17) is 16.3 Å². The van der Waals surface area contributed by atoms with Crippen LogP contribution < -0.4 is 15.4 Å². The summed E-state index contributed by atoms with van der Waals surface area (Å²) in [6.07, 6.45) is -4.56. The highest BCUT2D eigenvalue weighted by Crippen LogP contribution is 2.34. The summed E-state index contributed by atoms with van der Waals surface area (Å²) < 4.78 is 45.9. The van der Waals surface area contributed by atoms with Gasteiger partial charge in [-0.15, -0.1) is 10.2 Å². The largest absolute Gasteiger partial charge is 0.483 e. The van der Waals surface area contributed by atoms with Crippen LogP contribution in [-0.2, 0) is 29.4 Å². The molecule has 1 heterocycles. The van der Waals surface area contributed by atoms with Crippen LogP contribution in [-0.4, -0.2) is 38.9 Å². The maximum atomic E-state index is 12.9. The maximum Gasteiger partial charge on any atom is 0.416 e. The summed E-state index contributed by atoms with van der Waals surface area (Å²) in [7, 11) is 1.67. The molecule has 0 atom stereocenters.